The Labute approximate surface area is 124 Å². The van der Waals surface area contributed by atoms with Crippen molar-refractivity contribution in [3.8, 4) is 0 Å². The molecule has 1 atom stereocenters. The zero-order chi connectivity index (χ0) is 14.5. The molecule has 2 aromatic rings. The molecule has 2 N–H and O–H groups in total. The van der Waals surface area contributed by atoms with Gasteiger partial charge in [-0.1, -0.05) is 6.92 Å². The van der Waals surface area contributed by atoms with E-state index in [9.17, 15) is 0 Å². The molecule has 0 saturated carbocycles. The highest BCUT2D eigenvalue weighted by Crippen LogP contribution is 2.25. The van der Waals surface area contributed by atoms with Gasteiger partial charge in [-0.15, -0.1) is 11.3 Å². The molecule has 0 spiro atoms. The van der Waals surface area contributed by atoms with Gasteiger partial charge in [-0.05, 0) is 39.3 Å². The molecule has 20 heavy (non-hydrogen) atoms. The molecule has 5 heteroatoms. The van der Waals surface area contributed by atoms with E-state index in [-0.39, 0.29) is 6.04 Å². The molecular weight excluding hydrogens is 268 g/mol. The van der Waals surface area contributed by atoms with Crippen LogP contribution in [0, 0.1) is 13.8 Å². The van der Waals surface area contributed by atoms with Gasteiger partial charge in [0.1, 0.15) is 17.5 Å². The minimum atomic E-state index is 0.252. The van der Waals surface area contributed by atoms with Gasteiger partial charge in [0.15, 0.2) is 0 Å². The molecule has 0 bridgehead atoms. The van der Waals surface area contributed by atoms with Gasteiger partial charge < -0.3 is 10.6 Å². The minimum Gasteiger partial charge on any atom is -0.370 e. The van der Waals surface area contributed by atoms with Crippen LogP contribution in [-0.2, 0) is 0 Å². The third kappa shape index (κ3) is 3.93. The van der Waals surface area contributed by atoms with Crippen LogP contribution in [0.1, 0.15) is 41.9 Å². The second-order valence-electron chi connectivity index (χ2n) is 4.93. The molecule has 2 rings (SSSR count). The standard InChI is InChI=1S/C15H22N4S/c1-5-8-16-14-9-15(19-12(4)18-14)17-11(3)13-7-6-10(2)20-13/h6-7,9,11H,5,8H2,1-4H3,(H2,16,17,18,19). The summed E-state index contributed by atoms with van der Waals surface area (Å²) in [6.45, 7) is 9.27. The van der Waals surface area contributed by atoms with E-state index in [1.165, 1.54) is 9.75 Å². The number of nitrogens with one attached hydrogen (secondary N) is 2. The highest BCUT2D eigenvalue weighted by Gasteiger charge is 2.09. The maximum Gasteiger partial charge on any atom is 0.132 e. The fourth-order valence-electron chi connectivity index (χ4n) is 1.96. The Kier molecular flexibility index (Phi) is 4.95. The first-order valence-electron chi connectivity index (χ1n) is 7.01. The van der Waals surface area contributed by atoms with E-state index in [1.54, 1.807) is 0 Å². The molecule has 0 aromatic carbocycles. The molecule has 0 radical (unpaired) electrons. The van der Waals surface area contributed by atoms with Gasteiger partial charge in [0.25, 0.3) is 0 Å². The molecule has 2 heterocycles. The normalized spacial score (nSPS) is 12.2. The Morgan fingerprint density at radius 2 is 1.95 bits per heavy atom. The van der Waals surface area contributed by atoms with Crippen LogP contribution in [-0.4, -0.2) is 16.5 Å². The van der Waals surface area contributed by atoms with Crippen LogP contribution >= 0.6 is 11.3 Å². The van der Waals surface area contributed by atoms with Crippen LogP contribution in [0.2, 0.25) is 0 Å². The largest absolute Gasteiger partial charge is 0.370 e. The zero-order valence-electron chi connectivity index (χ0n) is 12.5. The van der Waals surface area contributed by atoms with E-state index in [4.69, 9.17) is 0 Å². The van der Waals surface area contributed by atoms with Gasteiger partial charge in [0, 0.05) is 22.4 Å². The molecule has 1 unspecified atom stereocenters. The minimum absolute atomic E-state index is 0.252. The second-order valence-corrected chi connectivity index (χ2v) is 6.25. The second kappa shape index (κ2) is 6.70. The first-order valence-corrected chi connectivity index (χ1v) is 7.82. The topological polar surface area (TPSA) is 49.8 Å². The summed E-state index contributed by atoms with van der Waals surface area (Å²) in [6.07, 6.45) is 1.08. The molecular formula is C15H22N4S. The maximum absolute atomic E-state index is 4.46. The number of hydrogen-bond acceptors (Lipinski definition) is 5. The van der Waals surface area contributed by atoms with Crippen molar-refractivity contribution in [1.82, 2.24) is 9.97 Å². The third-order valence-electron chi connectivity index (χ3n) is 2.95. The van der Waals surface area contributed by atoms with Crippen molar-refractivity contribution >= 4 is 23.0 Å². The molecule has 0 aliphatic rings. The smallest absolute Gasteiger partial charge is 0.132 e. The summed E-state index contributed by atoms with van der Waals surface area (Å²) in [4.78, 5) is 11.5. The summed E-state index contributed by atoms with van der Waals surface area (Å²) >= 11 is 1.82. The number of aryl methyl sites for hydroxylation is 2. The van der Waals surface area contributed by atoms with E-state index in [0.29, 0.717) is 0 Å². The van der Waals surface area contributed by atoms with Crippen molar-refractivity contribution in [2.75, 3.05) is 17.2 Å². The van der Waals surface area contributed by atoms with Gasteiger partial charge >= 0.3 is 0 Å². The predicted molar refractivity (Wildman–Crippen MR) is 86.6 cm³/mol. The summed E-state index contributed by atoms with van der Waals surface area (Å²) in [6, 6.07) is 6.54. The van der Waals surface area contributed by atoms with Crippen LogP contribution in [0.5, 0.6) is 0 Å². The Bertz CT molecular complexity index is 565. The van der Waals surface area contributed by atoms with Crippen molar-refractivity contribution in [3.05, 3.63) is 33.8 Å². The summed E-state index contributed by atoms with van der Waals surface area (Å²) in [5.74, 6) is 2.54. The van der Waals surface area contributed by atoms with E-state index >= 15 is 0 Å². The van der Waals surface area contributed by atoms with Gasteiger partial charge in [-0.2, -0.15) is 0 Å². The van der Waals surface area contributed by atoms with E-state index in [1.807, 2.05) is 24.3 Å². The Morgan fingerprint density at radius 3 is 2.60 bits per heavy atom. The van der Waals surface area contributed by atoms with Crippen LogP contribution in [0.3, 0.4) is 0 Å². The van der Waals surface area contributed by atoms with Crippen molar-refractivity contribution < 1.29 is 0 Å². The number of hydrogen-bond donors (Lipinski definition) is 2. The summed E-state index contributed by atoms with van der Waals surface area (Å²) < 4.78 is 0. The summed E-state index contributed by atoms with van der Waals surface area (Å²) in [5, 5.41) is 6.75. The molecule has 108 valence electrons. The maximum atomic E-state index is 4.46. The van der Waals surface area contributed by atoms with E-state index in [2.05, 4.69) is 53.5 Å². The lowest BCUT2D eigenvalue weighted by molar-refractivity contribution is 0.884. The molecule has 0 fully saturated rings. The van der Waals surface area contributed by atoms with Crippen LogP contribution in [0.15, 0.2) is 18.2 Å². The van der Waals surface area contributed by atoms with E-state index < -0.39 is 0 Å². The quantitative estimate of drug-likeness (QED) is 0.839. The van der Waals surface area contributed by atoms with Crippen molar-refractivity contribution in [2.45, 2.75) is 40.2 Å². The zero-order valence-corrected chi connectivity index (χ0v) is 13.3. The van der Waals surface area contributed by atoms with Gasteiger partial charge in [-0.25, -0.2) is 9.97 Å². The number of anilines is 2. The molecule has 0 amide bonds. The first kappa shape index (κ1) is 14.8. The molecule has 4 nitrogen and oxygen atoms in total. The molecule has 0 aliphatic carbocycles. The SMILES string of the molecule is CCCNc1cc(NC(C)c2ccc(C)s2)nc(C)n1. The summed E-state index contributed by atoms with van der Waals surface area (Å²) in [7, 11) is 0. The predicted octanol–water partition coefficient (Wildman–Crippen LogP) is 4.15. The Balaban J connectivity index is 2.10. The Morgan fingerprint density at radius 1 is 1.20 bits per heavy atom. The van der Waals surface area contributed by atoms with Gasteiger partial charge in [-0.3, -0.25) is 0 Å². The number of nitrogens with zero attached hydrogens (tertiary/aromatic N) is 2. The average molecular weight is 290 g/mol. The molecule has 0 saturated heterocycles. The van der Waals surface area contributed by atoms with Crippen LogP contribution in [0.25, 0.3) is 0 Å². The lowest BCUT2D eigenvalue weighted by Crippen LogP contribution is -2.10. The first-order chi connectivity index (χ1) is 9.58. The fourth-order valence-corrected chi connectivity index (χ4v) is 2.84. The highest BCUT2D eigenvalue weighted by atomic mass is 32.1. The fraction of sp³-hybridized carbons (Fsp3) is 0.467. The monoisotopic (exact) mass is 290 g/mol. The molecule has 2 aromatic heterocycles. The third-order valence-corrected chi connectivity index (χ3v) is 4.13. The van der Waals surface area contributed by atoms with Crippen molar-refractivity contribution in [2.24, 2.45) is 0 Å². The number of thiophene rings is 1. The van der Waals surface area contributed by atoms with Crippen LogP contribution < -0.4 is 10.6 Å². The average Bonchev–Trinajstić information content (AvgIpc) is 2.82. The van der Waals surface area contributed by atoms with Gasteiger partial charge in [0.05, 0.1) is 6.04 Å². The van der Waals surface area contributed by atoms with Crippen LogP contribution in [0.4, 0.5) is 11.6 Å². The number of rotatable bonds is 6. The van der Waals surface area contributed by atoms with Crippen molar-refractivity contribution in [3.63, 3.8) is 0 Å². The lowest BCUT2D eigenvalue weighted by Gasteiger charge is -2.14. The Hall–Kier alpha value is -1.62. The molecule has 0 aliphatic heterocycles. The van der Waals surface area contributed by atoms with Gasteiger partial charge in [0.2, 0.25) is 0 Å². The van der Waals surface area contributed by atoms with E-state index in [0.717, 1.165) is 30.4 Å². The van der Waals surface area contributed by atoms with Crippen molar-refractivity contribution in [1.29, 1.82) is 0 Å². The lowest BCUT2D eigenvalue weighted by atomic mass is 10.2. The highest BCUT2D eigenvalue weighted by molar-refractivity contribution is 7.12. The number of aromatic nitrogens is 2. The summed E-state index contributed by atoms with van der Waals surface area (Å²) in [5.41, 5.74) is 0.